The summed E-state index contributed by atoms with van der Waals surface area (Å²) in [5, 5.41) is 6.51. The molecule has 0 aliphatic carbocycles. The van der Waals surface area contributed by atoms with Crippen molar-refractivity contribution >= 4 is 45.5 Å². The lowest BCUT2D eigenvalue weighted by molar-refractivity contribution is 0.179. The summed E-state index contributed by atoms with van der Waals surface area (Å²) in [6.07, 6.45) is 1.82. The molecule has 2 aromatic carbocycles. The van der Waals surface area contributed by atoms with E-state index in [9.17, 15) is 0 Å². The number of aromatic nitrogens is 3. The van der Waals surface area contributed by atoms with E-state index in [1.54, 1.807) is 17.8 Å². The van der Waals surface area contributed by atoms with Crippen LogP contribution in [0.5, 0.6) is 11.5 Å². The molecule has 2 aromatic heterocycles. The number of rotatable bonds is 9. The molecule has 2 heterocycles. The summed E-state index contributed by atoms with van der Waals surface area (Å²) in [4.78, 5) is 15.4. The number of anilines is 2. The summed E-state index contributed by atoms with van der Waals surface area (Å²) >= 11 is 7.92. The molecule has 7 nitrogen and oxygen atoms in total. The van der Waals surface area contributed by atoms with Crippen LogP contribution in [0.1, 0.15) is 12.6 Å². The average Bonchev–Trinajstić information content (AvgIpc) is 3.26. The van der Waals surface area contributed by atoms with Gasteiger partial charge in [0.1, 0.15) is 24.2 Å². The first-order chi connectivity index (χ1) is 15.5. The fraction of sp³-hybridized carbons (Fsp3) is 0.261. The van der Waals surface area contributed by atoms with Gasteiger partial charge in [0, 0.05) is 23.8 Å². The monoisotopic (exact) mass is 469 g/mol. The molecule has 0 unspecified atom stereocenters. The Morgan fingerprint density at radius 2 is 2.03 bits per heavy atom. The van der Waals surface area contributed by atoms with Crippen molar-refractivity contribution < 1.29 is 9.47 Å². The fourth-order valence-electron chi connectivity index (χ4n) is 3.24. The van der Waals surface area contributed by atoms with E-state index in [2.05, 4.69) is 25.2 Å². The van der Waals surface area contributed by atoms with Gasteiger partial charge < -0.3 is 19.7 Å². The number of halogens is 1. The van der Waals surface area contributed by atoms with Gasteiger partial charge in [0.2, 0.25) is 5.95 Å². The zero-order valence-electron chi connectivity index (χ0n) is 18.1. The predicted octanol–water partition coefficient (Wildman–Crippen LogP) is 5.39. The largest absolute Gasteiger partial charge is 0.489 e. The molecule has 0 aliphatic rings. The number of fused-ring (bicyclic) bond motifs is 1. The summed E-state index contributed by atoms with van der Waals surface area (Å²) in [5.74, 6) is 1.84. The van der Waals surface area contributed by atoms with Crippen LogP contribution in [0.25, 0.3) is 10.9 Å². The lowest BCUT2D eigenvalue weighted by Gasteiger charge is -2.19. The van der Waals surface area contributed by atoms with E-state index in [0.29, 0.717) is 23.3 Å². The molecule has 4 aromatic rings. The van der Waals surface area contributed by atoms with Gasteiger partial charge in [-0.1, -0.05) is 17.7 Å². The van der Waals surface area contributed by atoms with Crippen molar-refractivity contribution in [2.45, 2.75) is 19.6 Å². The van der Waals surface area contributed by atoms with Gasteiger partial charge in [-0.05, 0) is 51.4 Å². The molecule has 0 aliphatic heterocycles. The summed E-state index contributed by atoms with van der Waals surface area (Å²) < 4.78 is 11.8. The van der Waals surface area contributed by atoms with Crippen molar-refractivity contribution in [2.24, 2.45) is 0 Å². The third-order valence-electron chi connectivity index (χ3n) is 4.58. The minimum Gasteiger partial charge on any atom is -0.489 e. The first kappa shape index (κ1) is 22.3. The Morgan fingerprint density at radius 3 is 2.78 bits per heavy atom. The number of likely N-dealkylation sites (N-methyl/N-ethyl adjacent to an activating group) is 1. The van der Waals surface area contributed by atoms with E-state index in [-0.39, 0.29) is 6.10 Å². The smallest absolute Gasteiger partial charge is 0.227 e. The number of hydrogen-bond donors (Lipinski definition) is 1. The molecule has 1 atom stereocenters. The Hall–Kier alpha value is -2.94. The van der Waals surface area contributed by atoms with Crippen LogP contribution >= 0.6 is 22.9 Å². The quantitative estimate of drug-likeness (QED) is 0.352. The minimum absolute atomic E-state index is 0.0480. The fourth-order valence-corrected chi connectivity index (χ4v) is 4.02. The van der Waals surface area contributed by atoms with Crippen molar-refractivity contribution in [1.29, 1.82) is 0 Å². The molecule has 0 spiro atoms. The molecule has 0 radical (unpaired) electrons. The Balaban J connectivity index is 1.46. The third-order valence-corrected chi connectivity index (χ3v) is 5.51. The minimum atomic E-state index is 0.0480. The molecular formula is C23H24ClN5O2S. The van der Waals surface area contributed by atoms with Gasteiger partial charge in [0.05, 0.1) is 27.1 Å². The lowest BCUT2D eigenvalue weighted by Crippen LogP contribution is -2.28. The lowest BCUT2D eigenvalue weighted by atomic mass is 10.2. The van der Waals surface area contributed by atoms with Crippen molar-refractivity contribution in [3.63, 3.8) is 0 Å². The first-order valence-corrected chi connectivity index (χ1v) is 11.4. The van der Waals surface area contributed by atoms with Gasteiger partial charge in [-0.3, -0.25) is 0 Å². The number of ether oxygens (including phenoxy) is 2. The van der Waals surface area contributed by atoms with Gasteiger partial charge in [0.25, 0.3) is 0 Å². The Kier molecular flexibility index (Phi) is 7.04. The highest BCUT2D eigenvalue weighted by atomic mass is 35.5. The van der Waals surface area contributed by atoms with Crippen molar-refractivity contribution in [3.8, 4) is 11.5 Å². The van der Waals surface area contributed by atoms with Crippen LogP contribution in [0.3, 0.4) is 0 Å². The van der Waals surface area contributed by atoms with Crippen molar-refractivity contribution in [2.75, 3.05) is 26.0 Å². The highest BCUT2D eigenvalue weighted by molar-refractivity contribution is 7.07. The Bertz CT molecular complexity index is 1190. The molecule has 166 valence electrons. The van der Waals surface area contributed by atoms with E-state index in [4.69, 9.17) is 21.1 Å². The summed E-state index contributed by atoms with van der Waals surface area (Å²) in [6, 6.07) is 11.3. The topological polar surface area (TPSA) is 72.4 Å². The van der Waals surface area contributed by atoms with Gasteiger partial charge >= 0.3 is 0 Å². The van der Waals surface area contributed by atoms with Crippen LogP contribution in [-0.4, -0.2) is 46.6 Å². The molecule has 9 heteroatoms. The summed E-state index contributed by atoms with van der Waals surface area (Å²) in [6.45, 7) is 3.24. The molecule has 4 rings (SSSR count). The van der Waals surface area contributed by atoms with E-state index in [1.807, 2.05) is 56.7 Å². The Labute approximate surface area is 196 Å². The number of benzene rings is 2. The number of thiazole rings is 1. The number of nitrogens with zero attached hydrogens (tertiary/aromatic N) is 4. The highest BCUT2D eigenvalue weighted by Crippen LogP contribution is 2.30. The highest BCUT2D eigenvalue weighted by Gasteiger charge is 2.11. The third kappa shape index (κ3) is 5.64. The maximum Gasteiger partial charge on any atom is 0.227 e. The molecule has 0 bridgehead atoms. The molecule has 0 fully saturated rings. The van der Waals surface area contributed by atoms with E-state index in [0.717, 1.165) is 34.6 Å². The second-order valence-corrected chi connectivity index (χ2v) is 8.74. The average molecular weight is 470 g/mol. The molecule has 1 N–H and O–H groups in total. The molecule has 0 amide bonds. The maximum atomic E-state index is 6.39. The molecule has 32 heavy (non-hydrogen) atoms. The van der Waals surface area contributed by atoms with E-state index < -0.39 is 0 Å². The number of nitrogens with one attached hydrogen (secondary N) is 1. The first-order valence-electron chi connectivity index (χ1n) is 10.1. The van der Waals surface area contributed by atoms with E-state index in [1.165, 1.54) is 11.3 Å². The van der Waals surface area contributed by atoms with Crippen LogP contribution < -0.4 is 14.8 Å². The van der Waals surface area contributed by atoms with E-state index >= 15 is 0 Å². The second-order valence-electron chi connectivity index (χ2n) is 7.61. The van der Waals surface area contributed by atoms with Gasteiger partial charge in [-0.15, -0.1) is 11.3 Å². The van der Waals surface area contributed by atoms with Crippen LogP contribution in [0, 0.1) is 0 Å². The SMILES string of the molecule is C[C@H](CN(C)C)Oc1cccc2nc(Nc3ccc(OCc4cscn4)c(Cl)c3)ncc12. The maximum absolute atomic E-state index is 6.39. The zero-order valence-corrected chi connectivity index (χ0v) is 19.7. The van der Waals surface area contributed by atoms with Gasteiger partial charge in [0.15, 0.2) is 0 Å². The van der Waals surface area contributed by atoms with Crippen molar-refractivity contribution in [3.05, 3.63) is 64.2 Å². The van der Waals surface area contributed by atoms with Crippen LogP contribution in [0.4, 0.5) is 11.6 Å². The van der Waals surface area contributed by atoms with Gasteiger partial charge in [-0.2, -0.15) is 0 Å². The zero-order chi connectivity index (χ0) is 22.5. The van der Waals surface area contributed by atoms with Gasteiger partial charge in [-0.25, -0.2) is 15.0 Å². The summed E-state index contributed by atoms with van der Waals surface area (Å²) in [5.41, 5.74) is 4.21. The van der Waals surface area contributed by atoms with Crippen LogP contribution in [0.2, 0.25) is 5.02 Å². The molecule has 0 saturated carbocycles. The second kappa shape index (κ2) is 10.1. The standard InChI is InChI=1S/C23H24ClN5O2S/c1-15(11-29(2)3)31-21-6-4-5-20-18(21)10-25-23(28-20)27-16-7-8-22(19(24)9-16)30-12-17-13-32-14-26-17/h4-10,13-15H,11-12H2,1-3H3,(H,25,27,28)/t15-/m1/s1. The normalized spacial score (nSPS) is 12.2. The van der Waals surface area contributed by atoms with Crippen molar-refractivity contribution in [1.82, 2.24) is 19.9 Å². The Morgan fingerprint density at radius 1 is 1.16 bits per heavy atom. The molecule has 0 saturated heterocycles. The number of hydrogen-bond acceptors (Lipinski definition) is 8. The van der Waals surface area contributed by atoms with Crippen LogP contribution in [0.15, 0.2) is 53.5 Å². The predicted molar refractivity (Wildman–Crippen MR) is 129 cm³/mol. The van der Waals surface area contributed by atoms with Crippen LogP contribution in [-0.2, 0) is 6.61 Å². The molecular weight excluding hydrogens is 446 g/mol. The summed E-state index contributed by atoms with van der Waals surface area (Å²) in [7, 11) is 4.05.